The fourth-order valence-electron chi connectivity index (χ4n) is 4.35. The molecule has 1 heterocycles. The molecule has 0 spiro atoms. The summed E-state index contributed by atoms with van der Waals surface area (Å²) >= 11 is 0. The topological polar surface area (TPSA) is 32.7 Å². The van der Waals surface area contributed by atoms with Crippen LogP contribution >= 0.6 is 0 Å². The van der Waals surface area contributed by atoms with E-state index in [2.05, 4.69) is 11.8 Å². The maximum atomic E-state index is 9.51. The van der Waals surface area contributed by atoms with Gasteiger partial charge in [0.05, 0.1) is 19.3 Å². The molecular formula is C25H51NO2. The van der Waals surface area contributed by atoms with E-state index in [1.807, 2.05) is 0 Å². The maximum absolute atomic E-state index is 9.51. The Morgan fingerprint density at radius 3 is 1.54 bits per heavy atom. The van der Waals surface area contributed by atoms with Crippen LogP contribution in [0.5, 0.6) is 0 Å². The molecule has 0 aromatic rings. The van der Waals surface area contributed by atoms with Gasteiger partial charge in [0.2, 0.25) is 0 Å². The Balaban J connectivity index is 1.72. The lowest BCUT2D eigenvalue weighted by molar-refractivity contribution is 0.0394. The second-order valence-electron chi connectivity index (χ2n) is 8.96. The minimum Gasteiger partial charge on any atom is -0.395 e. The van der Waals surface area contributed by atoms with Gasteiger partial charge in [-0.05, 0) is 32.4 Å². The maximum Gasteiger partial charge on any atom is 0.0644 e. The molecule has 0 bridgehead atoms. The predicted molar refractivity (Wildman–Crippen MR) is 122 cm³/mol. The second kappa shape index (κ2) is 20.2. The predicted octanol–water partition coefficient (Wildman–Crippen LogP) is 6.72. The van der Waals surface area contributed by atoms with Crippen LogP contribution in [0, 0.1) is 0 Å². The largest absolute Gasteiger partial charge is 0.395 e. The lowest BCUT2D eigenvalue weighted by Gasteiger charge is -2.25. The Kier molecular flexibility index (Phi) is 18.7. The third-order valence-electron chi connectivity index (χ3n) is 6.32. The Morgan fingerprint density at radius 1 is 0.679 bits per heavy atom. The van der Waals surface area contributed by atoms with Gasteiger partial charge in [-0.3, -0.25) is 4.90 Å². The first-order chi connectivity index (χ1) is 13.9. The van der Waals surface area contributed by atoms with Crippen LogP contribution in [0.1, 0.15) is 122 Å². The van der Waals surface area contributed by atoms with Crippen molar-refractivity contribution in [3.8, 4) is 0 Å². The molecule has 168 valence electrons. The monoisotopic (exact) mass is 397 g/mol. The van der Waals surface area contributed by atoms with Crippen LogP contribution in [0.2, 0.25) is 0 Å². The highest BCUT2D eigenvalue weighted by Crippen LogP contribution is 2.14. The molecule has 1 unspecified atom stereocenters. The molecule has 1 saturated heterocycles. The van der Waals surface area contributed by atoms with E-state index in [1.165, 1.54) is 116 Å². The molecule has 1 atom stereocenters. The van der Waals surface area contributed by atoms with E-state index in [9.17, 15) is 5.11 Å². The van der Waals surface area contributed by atoms with Gasteiger partial charge in [0.1, 0.15) is 0 Å². The smallest absolute Gasteiger partial charge is 0.0644 e. The molecule has 0 radical (unpaired) electrons. The zero-order valence-electron chi connectivity index (χ0n) is 19.1. The molecule has 1 fully saturated rings. The molecule has 3 heteroatoms. The van der Waals surface area contributed by atoms with Crippen molar-refractivity contribution in [2.45, 2.75) is 129 Å². The molecule has 28 heavy (non-hydrogen) atoms. The van der Waals surface area contributed by atoms with Crippen molar-refractivity contribution in [2.24, 2.45) is 0 Å². The van der Waals surface area contributed by atoms with Gasteiger partial charge in [-0.15, -0.1) is 0 Å². The summed E-state index contributed by atoms with van der Waals surface area (Å²) < 4.78 is 5.82. The third-order valence-corrected chi connectivity index (χ3v) is 6.32. The van der Waals surface area contributed by atoms with Crippen LogP contribution in [0.15, 0.2) is 0 Å². The minimum atomic E-state index is 0.226. The number of hydrogen-bond acceptors (Lipinski definition) is 3. The molecule has 0 aromatic carbocycles. The van der Waals surface area contributed by atoms with Crippen molar-refractivity contribution >= 4 is 0 Å². The Hall–Kier alpha value is -0.120. The molecule has 0 aliphatic carbocycles. The van der Waals surface area contributed by atoms with E-state index in [0.717, 1.165) is 19.7 Å². The quantitative estimate of drug-likeness (QED) is 0.218. The first-order valence-electron chi connectivity index (χ1n) is 12.8. The molecule has 1 rings (SSSR count). The van der Waals surface area contributed by atoms with Crippen LogP contribution in [0.25, 0.3) is 0 Å². The molecular weight excluding hydrogens is 346 g/mol. The summed E-state index contributed by atoms with van der Waals surface area (Å²) in [4.78, 5) is 2.38. The van der Waals surface area contributed by atoms with Crippen molar-refractivity contribution in [1.29, 1.82) is 0 Å². The van der Waals surface area contributed by atoms with E-state index in [-0.39, 0.29) is 12.6 Å². The summed E-state index contributed by atoms with van der Waals surface area (Å²) in [5, 5.41) is 9.51. The fourth-order valence-corrected chi connectivity index (χ4v) is 4.35. The number of rotatable bonds is 21. The molecule has 1 aliphatic rings. The Morgan fingerprint density at radius 2 is 1.11 bits per heavy atom. The average molecular weight is 398 g/mol. The van der Waals surface area contributed by atoms with Gasteiger partial charge in [-0.1, -0.05) is 103 Å². The lowest BCUT2D eigenvalue weighted by Crippen LogP contribution is -2.39. The van der Waals surface area contributed by atoms with Gasteiger partial charge in [-0.25, -0.2) is 0 Å². The minimum absolute atomic E-state index is 0.226. The summed E-state index contributed by atoms with van der Waals surface area (Å²) in [5.41, 5.74) is 0. The molecule has 0 aromatic heterocycles. The Bertz CT molecular complexity index is 305. The van der Waals surface area contributed by atoms with E-state index in [0.29, 0.717) is 6.61 Å². The zero-order valence-corrected chi connectivity index (χ0v) is 19.1. The number of likely N-dealkylation sites (tertiary alicyclic amines) is 1. The molecule has 0 amide bonds. The van der Waals surface area contributed by atoms with Gasteiger partial charge in [0, 0.05) is 6.61 Å². The van der Waals surface area contributed by atoms with Crippen molar-refractivity contribution in [3.63, 3.8) is 0 Å². The number of unbranched alkanes of at least 4 members (excludes halogenated alkanes) is 15. The first-order valence-corrected chi connectivity index (χ1v) is 12.8. The fraction of sp³-hybridized carbons (Fsp3) is 1.00. The van der Waals surface area contributed by atoms with Crippen LogP contribution in [0.4, 0.5) is 0 Å². The number of nitrogens with zero attached hydrogens (tertiary/aromatic N) is 1. The van der Waals surface area contributed by atoms with Crippen molar-refractivity contribution in [1.82, 2.24) is 4.90 Å². The summed E-state index contributed by atoms with van der Waals surface area (Å²) in [6.07, 6.45) is 25.0. The van der Waals surface area contributed by atoms with Gasteiger partial charge in [0.15, 0.2) is 0 Å². The van der Waals surface area contributed by atoms with Gasteiger partial charge in [0.25, 0.3) is 0 Å². The summed E-state index contributed by atoms with van der Waals surface area (Å²) in [6.45, 7) is 6.36. The van der Waals surface area contributed by atoms with E-state index >= 15 is 0 Å². The van der Waals surface area contributed by atoms with Crippen LogP contribution < -0.4 is 0 Å². The molecule has 3 nitrogen and oxygen atoms in total. The van der Waals surface area contributed by atoms with E-state index in [1.54, 1.807) is 0 Å². The summed E-state index contributed by atoms with van der Waals surface area (Å²) in [5.74, 6) is 0. The molecule has 0 saturated carbocycles. The zero-order chi connectivity index (χ0) is 20.1. The average Bonchev–Trinajstić information content (AvgIpc) is 3.24. The first kappa shape index (κ1) is 25.9. The van der Waals surface area contributed by atoms with E-state index < -0.39 is 0 Å². The highest BCUT2D eigenvalue weighted by Gasteiger charge is 2.20. The van der Waals surface area contributed by atoms with Gasteiger partial charge in [-0.2, -0.15) is 0 Å². The van der Waals surface area contributed by atoms with Crippen molar-refractivity contribution in [3.05, 3.63) is 0 Å². The highest BCUT2D eigenvalue weighted by molar-refractivity contribution is 4.75. The number of aliphatic hydroxyl groups is 1. The molecule has 1 N–H and O–H groups in total. The van der Waals surface area contributed by atoms with Crippen LogP contribution in [-0.2, 0) is 4.74 Å². The standard InChI is InChI=1S/C25H51NO2/c1-2-3-4-5-6-7-8-9-10-11-12-13-14-15-16-19-22-28-24-25(23-27)26-20-17-18-21-26/h25,27H,2-24H2,1H3. The number of ether oxygens (including phenoxy) is 1. The summed E-state index contributed by atoms with van der Waals surface area (Å²) in [6, 6.07) is 0.226. The Labute approximate surface area is 176 Å². The van der Waals surface area contributed by atoms with E-state index in [4.69, 9.17) is 4.74 Å². The second-order valence-corrected chi connectivity index (χ2v) is 8.96. The van der Waals surface area contributed by atoms with Crippen LogP contribution in [-0.4, -0.2) is 49.0 Å². The van der Waals surface area contributed by atoms with Crippen LogP contribution in [0.3, 0.4) is 0 Å². The SMILES string of the molecule is CCCCCCCCCCCCCCCCCCOCC(CO)N1CCCC1. The third kappa shape index (κ3) is 14.8. The van der Waals surface area contributed by atoms with Gasteiger partial charge < -0.3 is 9.84 Å². The molecule has 1 aliphatic heterocycles. The van der Waals surface area contributed by atoms with Gasteiger partial charge >= 0.3 is 0 Å². The summed E-state index contributed by atoms with van der Waals surface area (Å²) in [7, 11) is 0. The normalized spacial score (nSPS) is 16.1. The lowest BCUT2D eigenvalue weighted by atomic mass is 10.0. The van der Waals surface area contributed by atoms with Crippen molar-refractivity contribution in [2.75, 3.05) is 32.9 Å². The van der Waals surface area contributed by atoms with Crippen molar-refractivity contribution < 1.29 is 9.84 Å². The number of aliphatic hydroxyl groups excluding tert-OH is 1. The number of hydrogen-bond donors (Lipinski definition) is 1. The highest BCUT2D eigenvalue weighted by atomic mass is 16.5.